The second kappa shape index (κ2) is 4.13. The number of nitrogens with zero attached hydrogens (tertiary/aromatic N) is 1. The highest BCUT2D eigenvalue weighted by atomic mass is 32.2. The van der Waals surface area contributed by atoms with Crippen LogP contribution >= 0.6 is 0 Å². The maximum Gasteiger partial charge on any atom is 0.213 e. The fourth-order valence-corrected chi connectivity index (χ4v) is 3.60. The van der Waals surface area contributed by atoms with E-state index in [1.807, 2.05) is 0 Å². The van der Waals surface area contributed by atoms with Gasteiger partial charge >= 0.3 is 0 Å². The monoisotopic (exact) mass is 243 g/mol. The summed E-state index contributed by atoms with van der Waals surface area (Å²) in [7, 11) is -3.07. The maximum atomic E-state index is 12.7. The fraction of sp³-hybridized carbons (Fsp3) is 0.545. The number of rotatable bonds is 4. The smallest absolute Gasteiger partial charge is 0.213 e. The Kier molecular flexibility index (Phi) is 2.97. The number of pyridine rings is 1. The van der Waals surface area contributed by atoms with Gasteiger partial charge in [0, 0.05) is 5.69 Å². The molecule has 1 aliphatic rings. The topological polar surface area (TPSA) is 47.0 Å². The minimum atomic E-state index is -3.07. The van der Waals surface area contributed by atoms with Crippen molar-refractivity contribution >= 4 is 9.84 Å². The third-order valence-electron chi connectivity index (χ3n) is 2.72. The van der Waals surface area contributed by atoms with Gasteiger partial charge in [-0.15, -0.1) is 0 Å². The minimum absolute atomic E-state index is 0.0252. The number of hydrogen-bond donors (Lipinski definition) is 0. The molecule has 1 saturated carbocycles. The van der Waals surface area contributed by atoms with E-state index in [2.05, 4.69) is 4.98 Å². The molecule has 0 amide bonds. The lowest BCUT2D eigenvalue weighted by molar-refractivity contribution is 0.576. The Bertz CT molecular complexity index is 495. The highest BCUT2D eigenvalue weighted by molar-refractivity contribution is 7.90. The molecule has 3 nitrogen and oxygen atoms in total. The molecule has 0 spiro atoms. The van der Waals surface area contributed by atoms with Gasteiger partial charge < -0.3 is 0 Å². The highest BCUT2D eigenvalue weighted by Gasteiger charge is 2.28. The molecule has 1 aliphatic carbocycles. The molecule has 0 radical (unpaired) electrons. The van der Waals surface area contributed by atoms with Gasteiger partial charge in [-0.1, -0.05) is 6.07 Å². The van der Waals surface area contributed by atoms with Crippen LogP contribution in [0.4, 0.5) is 4.39 Å². The Balaban J connectivity index is 2.13. The zero-order valence-electron chi connectivity index (χ0n) is 9.11. The van der Waals surface area contributed by atoms with Crippen molar-refractivity contribution in [1.29, 1.82) is 0 Å². The van der Waals surface area contributed by atoms with Gasteiger partial charge in [0.05, 0.1) is 11.5 Å². The van der Waals surface area contributed by atoms with Gasteiger partial charge in [0.25, 0.3) is 0 Å². The summed E-state index contributed by atoms with van der Waals surface area (Å²) in [6.07, 6.45) is 2.03. The molecule has 16 heavy (non-hydrogen) atoms. The lowest BCUT2D eigenvalue weighted by atomic mass is 10.2. The molecule has 0 bridgehead atoms. The van der Waals surface area contributed by atoms with Crippen molar-refractivity contribution in [2.45, 2.75) is 25.5 Å². The SMILES string of the molecule is Cc1nc(F)ccc1CS(=O)(=O)CC1CC1. The van der Waals surface area contributed by atoms with Crippen molar-refractivity contribution in [3.63, 3.8) is 0 Å². The maximum absolute atomic E-state index is 12.7. The molecule has 1 fully saturated rings. The van der Waals surface area contributed by atoms with Crippen LogP contribution in [0.25, 0.3) is 0 Å². The molecule has 0 atom stereocenters. The number of aryl methyl sites for hydroxylation is 1. The van der Waals surface area contributed by atoms with Crippen LogP contribution in [0.15, 0.2) is 12.1 Å². The second-order valence-electron chi connectivity index (χ2n) is 4.38. The van der Waals surface area contributed by atoms with Crippen LogP contribution in [0.1, 0.15) is 24.1 Å². The first-order valence-electron chi connectivity index (χ1n) is 5.29. The van der Waals surface area contributed by atoms with Crippen LogP contribution in [0.3, 0.4) is 0 Å². The molecule has 1 aromatic rings. The van der Waals surface area contributed by atoms with Crippen molar-refractivity contribution in [3.05, 3.63) is 29.3 Å². The molecular weight excluding hydrogens is 229 g/mol. The van der Waals surface area contributed by atoms with Gasteiger partial charge in [-0.25, -0.2) is 13.4 Å². The molecule has 2 rings (SSSR count). The Morgan fingerprint density at radius 1 is 1.44 bits per heavy atom. The number of aromatic nitrogens is 1. The quantitative estimate of drug-likeness (QED) is 0.758. The van der Waals surface area contributed by atoms with E-state index in [1.54, 1.807) is 6.92 Å². The van der Waals surface area contributed by atoms with Crippen LogP contribution in [-0.4, -0.2) is 19.2 Å². The average Bonchev–Trinajstić information content (AvgIpc) is 2.93. The van der Waals surface area contributed by atoms with Crippen molar-refractivity contribution in [1.82, 2.24) is 4.98 Å². The van der Waals surface area contributed by atoms with E-state index in [-0.39, 0.29) is 11.5 Å². The summed E-state index contributed by atoms with van der Waals surface area (Å²) in [5, 5.41) is 0. The summed E-state index contributed by atoms with van der Waals surface area (Å²) in [5.74, 6) is 0.00597. The fourth-order valence-electron chi connectivity index (χ4n) is 1.65. The second-order valence-corrected chi connectivity index (χ2v) is 6.49. The summed E-state index contributed by atoms with van der Waals surface area (Å²) >= 11 is 0. The van der Waals surface area contributed by atoms with Crippen LogP contribution in [0, 0.1) is 18.8 Å². The first-order valence-corrected chi connectivity index (χ1v) is 7.11. The number of halogens is 1. The average molecular weight is 243 g/mol. The largest absolute Gasteiger partial charge is 0.228 e. The molecule has 0 N–H and O–H groups in total. The van der Waals surface area contributed by atoms with E-state index >= 15 is 0 Å². The predicted molar refractivity (Wildman–Crippen MR) is 59.1 cm³/mol. The van der Waals surface area contributed by atoms with Gasteiger partial charge in [-0.3, -0.25) is 0 Å². The van der Waals surface area contributed by atoms with Crippen LogP contribution in [0.2, 0.25) is 0 Å². The van der Waals surface area contributed by atoms with Gasteiger partial charge in [-0.05, 0) is 37.3 Å². The molecule has 0 saturated heterocycles. The minimum Gasteiger partial charge on any atom is -0.228 e. The Hall–Kier alpha value is -0.970. The molecule has 5 heteroatoms. The highest BCUT2D eigenvalue weighted by Crippen LogP contribution is 2.31. The molecule has 88 valence electrons. The first-order chi connectivity index (χ1) is 7.46. The van der Waals surface area contributed by atoms with Crippen LogP contribution in [0.5, 0.6) is 0 Å². The molecule has 1 heterocycles. The Morgan fingerprint density at radius 2 is 2.12 bits per heavy atom. The van der Waals surface area contributed by atoms with E-state index in [1.165, 1.54) is 12.1 Å². The first kappa shape index (κ1) is 11.5. The molecule has 0 unspecified atom stereocenters. The van der Waals surface area contributed by atoms with Gasteiger partial charge in [0.2, 0.25) is 5.95 Å². The van der Waals surface area contributed by atoms with E-state index in [9.17, 15) is 12.8 Å². The zero-order chi connectivity index (χ0) is 11.8. The van der Waals surface area contributed by atoms with Gasteiger partial charge in [0.1, 0.15) is 0 Å². The number of hydrogen-bond acceptors (Lipinski definition) is 3. The van der Waals surface area contributed by atoms with Crippen molar-refractivity contribution in [3.8, 4) is 0 Å². The summed E-state index contributed by atoms with van der Waals surface area (Å²) in [6.45, 7) is 1.63. The van der Waals surface area contributed by atoms with Crippen molar-refractivity contribution in [2.24, 2.45) is 5.92 Å². The summed E-state index contributed by atoms with van der Waals surface area (Å²) in [6, 6.07) is 2.71. The van der Waals surface area contributed by atoms with Crippen LogP contribution < -0.4 is 0 Å². The Labute approximate surface area is 94.6 Å². The van der Waals surface area contributed by atoms with Crippen molar-refractivity contribution < 1.29 is 12.8 Å². The van der Waals surface area contributed by atoms with Gasteiger partial charge in [-0.2, -0.15) is 4.39 Å². The van der Waals surface area contributed by atoms with E-state index in [4.69, 9.17) is 0 Å². The van der Waals surface area contributed by atoms with Crippen LogP contribution in [-0.2, 0) is 15.6 Å². The Morgan fingerprint density at radius 3 is 2.69 bits per heavy atom. The molecular formula is C11H14FNO2S. The zero-order valence-corrected chi connectivity index (χ0v) is 9.93. The molecule has 1 aromatic heterocycles. The van der Waals surface area contributed by atoms with E-state index in [0.717, 1.165) is 12.8 Å². The summed E-state index contributed by atoms with van der Waals surface area (Å²) < 4.78 is 36.3. The summed E-state index contributed by atoms with van der Waals surface area (Å²) in [5.41, 5.74) is 1.06. The van der Waals surface area contributed by atoms with Gasteiger partial charge in [0.15, 0.2) is 9.84 Å². The number of sulfone groups is 1. The van der Waals surface area contributed by atoms with Crippen molar-refractivity contribution in [2.75, 3.05) is 5.75 Å². The third-order valence-corrected chi connectivity index (χ3v) is 4.45. The predicted octanol–water partition coefficient (Wildman–Crippen LogP) is 1.85. The molecule has 0 aromatic carbocycles. The van der Waals surface area contributed by atoms with E-state index < -0.39 is 15.8 Å². The third kappa shape index (κ3) is 3.01. The molecule has 0 aliphatic heterocycles. The normalized spacial score (nSPS) is 16.4. The van der Waals surface area contributed by atoms with E-state index in [0.29, 0.717) is 17.2 Å². The summed E-state index contributed by atoms with van der Waals surface area (Å²) in [4.78, 5) is 3.62. The lowest BCUT2D eigenvalue weighted by Crippen LogP contribution is -2.12. The lowest BCUT2D eigenvalue weighted by Gasteiger charge is -2.06. The standard InChI is InChI=1S/C11H14FNO2S/c1-8-10(4-5-11(12)13-8)7-16(14,15)6-9-2-3-9/h4-5,9H,2-3,6-7H2,1H3.